The normalized spacial score (nSPS) is 11.8. The largest absolute Gasteiger partial charge is 0.428 e. The second-order valence-corrected chi connectivity index (χ2v) is 28.1. The van der Waals surface area contributed by atoms with Gasteiger partial charge in [0.1, 0.15) is 28.7 Å². The third-order valence-electron chi connectivity index (χ3n) is 5.54. The molecule has 0 fully saturated rings. The van der Waals surface area contributed by atoms with Crippen molar-refractivity contribution in [2.75, 3.05) is 0 Å². The Morgan fingerprint density at radius 3 is 0.950 bits per heavy atom. The van der Waals surface area contributed by atoms with Gasteiger partial charge >= 0.3 is 11.4 Å². The molecule has 0 amide bonds. The van der Waals surface area contributed by atoms with Crippen LogP contribution in [0.3, 0.4) is 0 Å². The first-order valence-corrected chi connectivity index (χ1v) is 23.7. The summed E-state index contributed by atoms with van der Waals surface area (Å²) < 4.78 is 25.7. The highest BCUT2D eigenvalue weighted by molar-refractivity contribution is 9.19. The number of hydrogen-bond donors (Lipinski definition) is 0. The zero-order valence-corrected chi connectivity index (χ0v) is 28.9. The number of para-hydroxylation sites is 4. The molecule has 0 aliphatic rings. The van der Waals surface area contributed by atoms with Gasteiger partial charge in [-0.3, -0.25) is 0 Å². The van der Waals surface area contributed by atoms with Gasteiger partial charge in [0.05, 0.1) is 0 Å². The summed E-state index contributed by atoms with van der Waals surface area (Å²) in [6.07, 6.45) is 0. The molecule has 0 saturated carbocycles. The highest BCUT2D eigenvalue weighted by atomic mass is 35.7. The van der Waals surface area contributed by atoms with E-state index >= 15 is 0 Å². The number of halogens is 1. The molecular weight excluding hydrogens is 657 g/mol. The predicted octanol–water partition coefficient (Wildman–Crippen LogP) is 11.9. The molecule has 4 aromatic carbocycles. The van der Waals surface area contributed by atoms with Crippen molar-refractivity contribution in [2.45, 2.75) is 27.7 Å². The Labute approximate surface area is 260 Å². The maximum atomic E-state index is 7.07. The van der Waals surface area contributed by atoms with Crippen molar-refractivity contribution in [1.82, 2.24) is 0 Å². The topological polar surface area (TPSA) is 36.9 Å². The van der Waals surface area contributed by atoms with Crippen LogP contribution < -0.4 is 18.1 Å². The van der Waals surface area contributed by atoms with Gasteiger partial charge < -0.3 is 18.1 Å². The standard InChI is InChI=1S/C28H28ClO4P3S4/c1-21-13-5-9-17-25(21)30-35(37,31-26-18-10-6-14-22(26)2)39-34(29)40-36(38,32-27-19-11-7-15-23(27)3)33-28-20-12-8-16-24(28)4/h5-20H,1-4H3. The molecule has 0 heterocycles. The zero-order valence-electron chi connectivity index (χ0n) is 22.2. The molecule has 0 N–H and O–H groups in total. The van der Waals surface area contributed by atoms with Gasteiger partial charge in [-0.15, -0.1) is 0 Å². The Balaban J connectivity index is 1.64. The summed E-state index contributed by atoms with van der Waals surface area (Å²) in [6.45, 7) is 7.88. The Morgan fingerprint density at radius 2 is 0.725 bits per heavy atom. The van der Waals surface area contributed by atoms with E-state index < -0.39 is 17.1 Å². The van der Waals surface area contributed by atoms with Crippen LogP contribution in [0.25, 0.3) is 0 Å². The molecule has 12 heteroatoms. The van der Waals surface area contributed by atoms with Gasteiger partial charge in [-0.25, -0.2) is 0 Å². The summed E-state index contributed by atoms with van der Waals surface area (Å²) in [7, 11) is 0. The number of aryl methyl sites for hydroxylation is 4. The van der Waals surface area contributed by atoms with E-state index in [1.54, 1.807) is 0 Å². The fourth-order valence-corrected chi connectivity index (χ4v) is 33.6. The average molecular weight is 685 g/mol. The minimum absolute atomic E-state index is 0.656. The molecule has 0 unspecified atom stereocenters. The molecule has 40 heavy (non-hydrogen) atoms. The molecule has 4 rings (SSSR count). The SMILES string of the molecule is Cc1ccccc1OP(=S)(Oc1ccccc1C)SP(Cl)SP(=S)(Oc1ccccc1C)Oc1ccccc1C. The predicted molar refractivity (Wildman–Crippen MR) is 184 cm³/mol. The molecule has 0 spiro atoms. The van der Waals surface area contributed by atoms with Gasteiger partial charge in [0.2, 0.25) is 0 Å². The second-order valence-electron chi connectivity index (χ2n) is 8.70. The first-order valence-electron chi connectivity index (χ1n) is 12.1. The van der Waals surface area contributed by atoms with Crippen LogP contribution in [0.2, 0.25) is 0 Å². The van der Waals surface area contributed by atoms with Gasteiger partial charge in [-0.2, -0.15) is 0 Å². The molecule has 0 bridgehead atoms. The van der Waals surface area contributed by atoms with Crippen LogP contribution in [0, 0.1) is 27.7 Å². The van der Waals surface area contributed by atoms with Crippen molar-refractivity contribution in [1.29, 1.82) is 0 Å². The quantitative estimate of drug-likeness (QED) is 0.137. The van der Waals surface area contributed by atoms with E-state index in [4.69, 9.17) is 52.9 Å². The van der Waals surface area contributed by atoms with Gasteiger partial charge in [0.15, 0.2) is 0 Å². The molecule has 0 radical (unpaired) electrons. The van der Waals surface area contributed by atoms with Gasteiger partial charge in [0.25, 0.3) is 0 Å². The molecule has 0 aliphatic carbocycles. The van der Waals surface area contributed by atoms with E-state index in [9.17, 15) is 0 Å². The lowest BCUT2D eigenvalue weighted by Crippen LogP contribution is -2.00. The molecule has 0 saturated heterocycles. The fraction of sp³-hybridized carbons (Fsp3) is 0.143. The smallest absolute Gasteiger partial charge is 0.354 e. The summed E-state index contributed by atoms with van der Waals surface area (Å²) in [4.78, 5) is 0. The minimum Gasteiger partial charge on any atom is -0.428 e. The van der Waals surface area contributed by atoms with Gasteiger partial charge in [-0.1, -0.05) is 84.0 Å². The second kappa shape index (κ2) is 14.3. The maximum absolute atomic E-state index is 7.07. The Kier molecular flexibility index (Phi) is 11.4. The van der Waals surface area contributed by atoms with E-state index in [1.807, 2.05) is 125 Å². The van der Waals surface area contributed by atoms with Crippen molar-refractivity contribution in [3.63, 3.8) is 0 Å². The van der Waals surface area contributed by atoms with E-state index in [2.05, 4.69) is 0 Å². The lowest BCUT2D eigenvalue weighted by atomic mass is 10.2. The summed E-state index contributed by atoms with van der Waals surface area (Å²) in [6, 6.07) is 30.8. The van der Waals surface area contributed by atoms with Crippen LogP contribution in [-0.2, 0) is 23.6 Å². The highest BCUT2D eigenvalue weighted by Gasteiger charge is 2.36. The average Bonchev–Trinajstić information content (AvgIpc) is 2.89. The maximum Gasteiger partial charge on any atom is 0.354 e. The van der Waals surface area contributed by atoms with Crippen molar-refractivity contribution >= 4 is 73.9 Å². The van der Waals surface area contributed by atoms with Crippen LogP contribution >= 0.6 is 50.3 Å². The Bertz CT molecular complexity index is 1350. The summed E-state index contributed by atoms with van der Waals surface area (Å²) >= 11 is 21.8. The summed E-state index contributed by atoms with van der Waals surface area (Å²) in [5.41, 5.74) is -3.79. The van der Waals surface area contributed by atoms with Crippen LogP contribution in [-0.4, -0.2) is 0 Å². The molecule has 210 valence electrons. The summed E-state index contributed by atoms with van der Waals surface area (Å²) in [5, 5.41) is 0. The monoisotopic (exact) mass is 684 g/mol. The first kappa shape index (κ1) is 31.7. The zero-order chi connectivity index (χ0) is 28.8. The highest BCUT2D eigenvalue weighted by Crippen LogP contribution is 2.87. The molecule has 0 aliphatic heterocycles. The van der Waals surface area contributed by atoms with Crippen LogP contribution in [0.15, 0.2) is 97.1 Å². The third-order valence-corrected chi connectivity index (χ3v) is 28.1. The summed E-state index contributed by atoms with van der Waals surface area (Å²) in [5.74, 6) is 2.62. The molecule has 0 aromatic heterocycles. The molecule has 4 aromatic rings. The van der Waals surface area contributed by atoms with Crippen LogP contribution in [0.4, 0.5) is 0 Å². The fourth-order valence-electron chi connectivity index (χ4n) is 3.39. The Hall–Kier alpha value is -1.20. The van der Waals surface area contributed by atoms with E-state index in [1.165, 1.54) is 22.0 Å². The van der Waals surface area contributed by atoms with E-state index in [0.717, 1.165) is 22.3 Å². The van der Waals surface area contributed by atoms with E-state index in [0.29, 0.717) is 23.0 Å². The molecular formula is C28H28ClO4P3S4. The third kappa shape index (κ3) is 8.90. The molecule has 0 atom stereocenters. The number of rotatable bonds is 12. The van der Waals surface area contributed by atoms with Gasteiger partial charge in [-0.05, 0) is 74.2 Å². The lowest BCUT2D eigenvalue weighted by Gasteiger charge is -2.28. The lowest BCUT2D eigenvalue weighted by molar-refractivity contribution is 0.502. The van der Waals surface area contributed by atoms with Crippen LogP contribution in [0.1, 0.15) is 22.3 Å². The van der Waals surface area contributed by atoms with Gasteiger partial charge in [0, 0.05) is 45.6 Å². The number of benzene rings is 4. The number of hydrogen-bond acceptors (Lipinski definition) is 8. The van der Waals surface area contributed by atoms with E-state index in [-0.39, 0.29) is 0 Å². The molecule has 4 nitrogen and oxygen atoms in total. The van der Waals surface area contributed by atoms with Crippen molar-refractivity contribution < 1.29 is 18.1 Å². The van der Waals surface area contributed by atoms with Crippen molar-refractivity contribution in [3.05, 3.63) is 119 Å². The van der Waals surface area contributed by atoms with Crippen LogP contribution in [0.5, 0.6) is 23.0 Å². The van der Waals surface area contributed by atoms with Crippen molar-refractivity contribution in [2.24, 2.45) is 0 Å². The minimum atomic E-state index is -3.06. The van der Waals surface area contributed by atoms with Crippen molar-refractivity contribution in [3.8, 4) is 23.0 Å². The first-order chi connectivity index (χ1) is 19.1. The Morgan fingerprint density at radius 1 is 0.500 bits per heavy atom.